The van der Waals surface area contributed by atoms with E-state index in [-0.39, 0.29) is 12.1 Å². The van der Waals surface area contributed by atoms with Crippen LogP contribution in [-0.2, 0) is 0 Å². The lowest BCUT2D eigenvalue weighted by atomic mass is 10.1. The van der Waals surface area contributed by atoms with Crippen LogP contribution in [0.1, 0.15) is 26.2 Å². The summed E-state index contributed by atoms with van der Waals surface area (Å²) in [6.07, 6.45) is 5.04. The normalized spacial score (nSPS) is 16.0. The molecule has 0 spiro atoms. The first kappa shape index (κ1) is 16.9. The van der Waals surface area contributed by atoms with Gasteiger partial charge in [0.05, 0.1) is 0 Å². The molecule has 1 saturated heterocycles. The van der Waals surface area contributed by atoms with Gasteiger partial charge in [-0.25, -0.2) is 9.78 Å². The Morgan fingerprint density at radius 3 is 2.67 bits per heavy atom. The fraction of sp³-hybridized carbons (Fsp3) is 0.444. The summed E-state index contributed by atoms with van der Waals surface area (Å²) in [6, 6.07) is 7.95. The summed E-state index contributed by atoms with van der Waals surface area (Å²) in [7, 11) is 0. The number of thiazole rings is 1. The van der Waals surface area contributed by atoms with Crippen LogP contribution in [0.5, 0.6) is 0 Å². The van der Waals surface area contributed by atoms with Gasteiger partial charge in [0.25, 0.3) is 0 Å². The maximum atomic E-state index is 12.2. The van der Waals surface area contributed by atoms with Crippen LogP contribution in [0.15, 0.2) is 35.8 Å². The SMILES string of the molecule is CCCN1CCC(NC(=O)Nc2ccc(-c3nccs3)cc2)CC1. The van der Waals surface area contributed by atoms with E-state index in [1.807, 2.05) is 29.6 Å². The maximum Gasteiger partial charge on any atom is 0.319 e. The number of nitrogens with one attached hydrogen (secondary N) is 2. The molecule has 3 rings (SSSR count). The van der Waals surface area contributed by atoms with E-state index >= 15 is 0 Å². The topological polar surface area (TPSA) is 57.3 Å². The quantitative estimate of drug-likeness (QED) is 0.867. The molecule has 0 atom stereocenters. The van der Waals surface area contributed by atoms with Crippen molar-refractivity contribution < 1.29 is 4.79 Å². The Labute approximate surface area is 147 Å². The molecular weight excluding hydrogens is 320 g/mol. The lowest BCUT2D eigenvalue weighted by Crippen LogP contribution is -2.46. The van der Waals surface area contributed by atoms with E-state index in [2.05, 4.69) is 27.4 Å². The molecule has 128 valence electrons. The molecule has 0 unspecified atom stereocenters. The molecule has 0 bridgehead atoms. The molecule has 5 nitrogen and oxygen atoms in total. The number of aromatic nitrogens is 1. The van der Waals surface area contributed by atoms with E-state index in [4.69, 9.17) is 0 Å². The largest absolute Gasteiger partial charge is 0.335 e. The first-order valence-corrected chi connectivity index (χ1v) is 9.42. The van der Waals surface area contributed by atoms with Crippen molar-refractivity contribution in [2.45, 2.75) is 32.2 Å². The highest BCUT2D eigenvalue weighted by Gasteiger charge is 2.19. The Kier molecular flexibility index (Phi) is 5.82. The Morgan fingerprint density at radius 2 is 2.04 bits per heavy atom. The summed E-state index contributed by atoms with van der Waals surface area (Å²) >= 11 is 1.61. The fourth-order valence-corrected chi connectivity index (χ4v) is 3.68. The minimum absolute atomic E-state index is 0.119. The number of piperidine rings is 1. The van der Waals surface area contributed by atoms with Crippen LogP contribution < -0.4 is 10.6 Å². The number of amides is 2. The number of nitrogens with zero attached hydrogens (tertiary/aromatic N) is 2. The molecule has 1 fully saturated rings. The van der Waals surface area contributed by atoms with Crippen molar-refractivity contribution in [3.8, 4) is 10.6 Å². The van der Waals surface area contributed by atoms with Gasteiger partial charge in [-0.2, -0.15) is 0 Å². The first-order valence-electron chi connectivity index (χ1n) is 8.54. The smallest absolute Gasteiger partial charge is 0.319 e. The van der Waals surface area contributed by atoms with Crippen LogP contribution in [-0.4, -0.2) is 41.6 Å². The highest BCUT2D eigenvalue weighted by atomic mass is 32.1. The van der Waals surface area contributed by atoms with Gasteiger partial charge in [0.1, 0.15) is 5.01 Å². The van der Waals surface area contributed by atoms with Crippen LogP contribution in [0.2, 0.25) is 0 Å². The molecule has 2 amide bonds. The van der Waals surface area contributed by atoms with Gasteiger partial charge in [-0.3, -0.25) is 0 Å². The minimum Gasteiger partial charge on any atom is -0.335 e. The number of hydrogen-bond acceptors (Lipinski definition) is 4. The molecule has 24 heavy (non-hydrogen) atoms. The average Bonchev–Trinajstić information content (AvgIpc) is 3.12. The zero-order valence-corrected chi connectivity index (χ0v) is 14.8. The molecule has 1 aliphatic heterocycles. The Morgan fingerprint density at radius 1 is 1.29 bits per heavy atom. The van der Waals surface area contributed by atoms with Gasteiger partial charge in [0.2, 0.25) is 0 Å². The molecule has 1 aliphatic rings. The predicted molar refractivity (Wildman–Crippen MR) is 99.5 cm³/mol. The van der Waals surface area contributed by atoms with Crippen molar-refractivity contribution >= 4 is 23.1 Å². The van der Waals surface area contributed by atoms with Gasteiger partial charge in [-0.15, -0.1) is 11.3 Å². The standard InChI is InChI=1S/C18H24N4OS/c1-2-10-22-11-7-16(8-12-22)21-18(23)20-15-5-3-14(4-6-15)17-19-9-13-24-17/h3-6,9,13,16H,2,7-8,10-12H2,1H3,(H2,20,21,23). The van der Waals surface area contributed by atoms with Crippen LogP contribution in [0, 0.1) is 0 Å². The van der Waals surface area contributed by atoms with Gasteiger partial charge in [-0.05, 0) is 50.1 Å². The van der Waals surface area contributed by atoms with Gasteiger partial charge in [0, 0.05) is 42.0 Å². The number of carbonyl (C=O) groups excluding carboxylic acids is 1. The Hall–Kier alpha value is -1.92. The molecule has 2 N–H and O–H groups in total. The molecule has 2 aromatic rings. The zero-order chi connectivity index (χ0) is 16.8. The zero-order valence-electron chi connectivity index (χ0n) is 14.0. The van der Waals surface area contributed by atoms with E-state index < -0.39 is 0 Å². The number of likely N-dealkylation sites (tertiary alicyclic amines) is 1. The lowest BCUT2D eigenvalue weighted by Gasteiger charge is -2.32. The summed E-state index contributed by atoms with van der Waals surface area (Å²) in [5.41, 5.74) is 1.87. The molecular formula is C18H24N4OS. The van der Waals surface area contributed by atoms with Crippen LogP contribution in [0.4, 0.5) is 10.5 Å². The minimum atomic E-state index is -0.119. The molecule has 2 heterocycles. The number of rotatable bonds is 5. The van der Waals surface area contributed by atoms with Crippen molar-refractivity contribution in [1.82, 2.24) is 15.2 Å². The van der Waals surface area contributed by atoms with Crippen molar-refractivity contribution in [2.75, 3.05) is 25.0 Å². The second-order valence-electron chi connectivity index (χ2n) is 6.13. The summed E-state index contributed by atoms with van der Waals surface area (Å²) < 4.78 is 0. The molecule has 0 saturated carbocycles. The maximum absolute atomic E-state index is 12.2. The van der Waals surface area contributed by atoms with Crippen molar-refractivity contribution in [1.29, 1.82) is 0 Å². The molecule has 1 aromatic heterocycles. The third-order valence-corrected chi connectivity index (χ3v) is 5.11. The molecule has 0 radical (unpaired) electrons. The fourth-order valence-electron chi connectivity index (χ4n) is 3.03. The van der Waals surface area contributed by atoms with Crippen molar-refractivity contribution in [3.05, 3.63) is 35.8 Å². The number of hydrogen-bond donors (Lipinski definition) is 2. The number of carbonyl (C=O) groups is 1. The van der Waals surface area contributed by atoms with E-state index in [1.54, 1.807) is 17.5 Å². The molecule has 1 aromatic carbocycles. The Bertz CT molecular complexity index is 634. The van der Waals surface area contributed by atoms with Crippen molar-refractivity contribution in [3.63, 3.8) is 0 Å². The summed E-state index contributed by atoms with van der Waals surface area (Å²) in [5.74, 6) is 0. The second-order valence-corrected chi connectivity index (χ2v) is 7.02. The lowest BCUT2D eigenvalue weighted by molar-refractivity contribution is 0.196. The van der Waals surface area contributed by atoms with Crippen LogP contribution in [0.25, 0.3) is 10.6 Å². The molecule has 0 aliphatic carbocycles. The average molecular weight is 344 g/mol. The molecule has 6 heteroatoms. The van der Waals surface area contributed by atoms with Crippen LogP contribution >= 0.6 is 11.3 Å². The highest BCUT2D eigenvalue weighted by Crippen LogP contribution is 2.23. The van der Waals surface area contributed by atoms with E-state index in [0.29, 0.717) is 0 Å². The van der Waals surface area contributed by atoms with Crippen LogP contribution in [0.3, 0.4) is 0 Å². The number of urea groups is 1. The monoisotopic (exact) mass is 344 g/mol. The van der Waals surface area contributed by atoms with E-state index in [9.17, 15) is 4.79 Å². The first-order chi connectivity index (χ1) is 11.7. The van der Waals surface area contributed by atoms with E-state index in [1.165, 1.54) is 6.42 Å². The van der Waals surface area contributed by atoms with Gasteiger partial charge in [-0.1, -0.05) is 6.92 Å². The summed E-state index contributed by atoms with van der Waals surface area (Å²) in [4.78, 5) is 18.9. The predicted octanol–water partition coefficient (Wildman–Crippen LogP) is 3.81. The number of anilines is 1. The van der Waals surface area contributed by atoms with Gasteiger partial charge >= 0.3 is 6.03 Å². The van der Waals surface area contributed by atoms with Gasteiger partial charge in [0.15, 0.2) is 0 Å². The van der Waals surface area contributed by atoms with E-state index in [0.717, 1.165) is 48.7 Å². The third kappa shape index (κ3) is 4.55. The highest BCUT2D eigenvalue weighted by molar-refractivity contribution is 7.13. The van der Waals surface area contributed by atoms with Crippen molar-refractivity contribution in [2.24, 2.45) is 0 Å². The third-order valence-electron chi connectivity index (χ3n) is 4.28. The summed E-state index contributed by atoms with van der Waals surface area (Å²) in [6.45, 7) is 5.50. The summed E-state index contributed by atoms with van der Waals surface area (Å²) in [5, 5.41) is 8.95. The van der Waals surface area contributed by atoms with Gasteiger partial charge < -0.3 is 15.5 Å². The number of benzene rings is 1. The Balaban J connectivity index is 1.47. The second kappa shape index (κ2) is 8.26.